The molecule has 0 radical (unpaired) electrons. The summed E-state index contributed by atoms with van der Waals surface area (Å²) in [6.45, 7) is 15.2. The van der Waals surface area contributed by atoms with Crippen LogP contribution in [0.3, 0.4) is 0 Å². The normalized spacial score (nSPS) is 12.6. The highest BCUT2D eigenvalue weighted by Crippen LogP contribution is 2.37. The molecule has 1 aromatic carbocycles. The minimum Gasteiger partial charge on any atom is -0.207 e. The lowest BCUT2D eigenvalue weighted by Crippen LogP contribution is -2.19. The molecule has 0 bridgehead atoms. The van der Waals surface area contributed by atoms with E-state index >= 15 is 0 Å². The standard InChI is InChI=1S/C16H25F/c1-10(2)13-8-12(17)9-14(11(3)4)15(13)16(5,6)7/h8-11H,1-7H3. The van der Waals surface area contributed by atoms with E-state index in [4.69, 9.17) is 0 Å². The van der Waals surface area contributed by atoms with Crippen LogP contribution < -0.4 is 0 Å². The summed E-state index contributed by atoms with van der Waals surface area (Å²) in [4.78, 5) is 0. The maximum atomic E-state index is 13.7. The Labute approximate surface area is 105 Å². The summed E-state index contributed by atoms with van der Waals surface area (Å²) < 4.78 is 13.7. The highest BCUT2D eigenvalue weighted by Gasteiger charge is 2.25. The molecule has 0 fully saturated rings. The zero-order valence-electron chi connectivity index (χ0n) is 12.2. The lowest BCUT2D eigenvalue weighted by Gasteiger charge is -2.29. The van der Waals surface area contributed by atoms with Gasteiger partial charge in [0.15, 0.2) is 0 Å². The van der Waals surface area contributed by atoms with Crippen LogP contribution in [0.2, 0.25) is 0 Å². The smallest absolute Gasteiger partial charge is 0.123 e. The van der Waals surface area contributed by atoms with Crippen LogP contribution in [0.4, 0.5) is 4.39 Å². The molecule has 0 atom stereocenters. The highest BCUT2D eigenvalue weighted by molar-refractivity contribution is 5.43. The first-order valence-electron chi connectivity index (χ1n) is 6.48. The Morgan fingerprint density at radius 2 is 1.24 bits per heavy atom. The molecular formula is C16H25F. The van der Waals surface area contributed by atoms with Crippen LogP contribution in [-0.2, 0) is 5.41 Å². The summed E-state index contributed by atoms with van der Waals surface area (Å²) in [6.07, 6.45) is 0. The molecule has 0 unspecified atom stereocenters. The Kier molecular flexibility index (Phi) is 4.01. The highest BCUT2D eigenvalue weighted by atomic mass is 19.1. The lowest BCUT2D eigenvalue weighted by atomic mass is 9.75. The van der Waals surface area contributed by atoms with Gasteiger partial charge in [0.05, 0.1) is 0 Å². The summed E-state index contributed by atoms with van der Waals surface area (Å²) in [5.41, 5.74) is 3.69. The van der Waals surface area contributed by atoms with Crippen molar-refractivity contribution in [3.8, 4) is 0 Å². The Hall–Kier alpha value is -0.850. The van der Waals surface area contributed by atoms with Gasteiger partial charge in [-0.3, -0.25) is 0 Å². The predicted molar refractivity (Wildman–Crippen MR) is 73.3 cm³/mol. The third kappa shape index (κ3) is 3.08. The van der Waals surface area contributed by atoms with E-state index in [-0.39, 0.29) is 11.2 Å². The van der Waals surface area contributed by atoms with E-state index in [0.29, 0.717) is 11.8 Å². The number of hydrogen-bond donors (Lipinski definition) is 0. The van der Waals surface area contributed by atoms with Crippen molar-refractivity contribution in [1.29, 1.82) is 0 Å². The minimum absolute atomic E-state index is 0.0624. The molecule has 0 aliphatic carbocycles. The number of benzene rings is 1. The van der Waals surface area contributed by atoms with Crippen molar-refractivity contribution in [2.24, 2.45) is 0 Å². The lowest BCUT2D eigenvalue weighted by molar-refractivity contribution is 0.552. The van der Waals surface area contributed by atoms with Crippen molar-refractivity contribution in [1.82, 2.24) is 0 Å². The first kappa shape index (κ1) is 14.2. The molecule has 1 rings (SSSR count). The van der Waals surface area contributed by atoms with Crippen molar-refractivity contribution in [2.75, 3.05) is 0 Å². The number of hydrogen-bond acceptors (Lipinski definition) is 0. The molecule has 0 aliphatic rings. The van der Waals surface area contributed by atoms with Gasteiger partial charge in [-0.1, -0.05) is 48.5 Å². The second-order valence-corrected chi connectivity index (χ2v) is 6.52. The van der Waals surface area contributed by atoms with Gasteiger partial charge in [0.2, 0.25) is 0 Å². The molecule has 17 heavy (non-hydrogen) atoms. The monoisotopic (exact) mass is 236 g/mol. The molecule has 0 saturated carbocycles. The van der Waals surface area contributed by atoms with Gasteiger partial charge in [0.1, 0.15) is 5.82 Å². The van der Waals surface area contributed by atoms with Crippen LogP contribution in [0.25, 0.3) is 0 Å². The zero-order valence-corrected chi connectivity index (χ0v) is 12.2. The summed E-state index contributed by atoms with van der Waals surface area (Å²) in [5, 5.41) is 0. The second kappa shape index (κ2) is 4.80. The Morgan fingerprint density at radius 1 is 0.882 bits per heavy atom. The fraction of sp³-hybridized carbons (Fsp3) is 0.625. The molecular weight excluding hydrogens is 211 g/mol. The topological polar surface area (TPSA) is 0 Å². The molecule has 0 saturated heterocycles. The second-order valence-electron chi connectivity index (χ2n) is 6.52. The zero-order chi connectivity index (χ0) is 13.4. The van der Waals surface area contributed by atoms with E-state index in [1.54, 1.807) is 12.1 Å². The fourth-order valence-corrected chi connectivity index (χ4v) is 2.43. The van der Waals surface area contributed by atoms with Gasteiger partial charge < -0.3 is 0 Å². The van der Waals surface area contributed by atoms with Gasteiger partial charge >= 0.3 is 0 Å². The molecule has 0 aromatic heterocycles. The molecule has 0 N–H and O–H groups in total. The number of halogens is 1. The largest absolute Gasteiger partial charge is 0.207 e. The first-order valence-corrected chi connectivity index (χ1v) is 6.48. The van der Waals surface area contributed by atoms with Crippen molar-refractivity contribution in [3.05, 3.63) is 34.6 Å². The van der Waals surface area contributed by atoms with Gasteiger partial charge in [-0.2, -0.15) is 0 Å². The third-order valence-electron chi connectivity index (χ3n) is 3.16. The summed E-state index contributed by atoms with van der Waals surface area (Å²) in [7, 11) is 0. The molecule has 1 aromatic rings. The van der Waals surface area contributed by atoms with E-state index in [1.807, 2.05) is 0 Å². The van der Waals surface area contributed by atoms with E-state index in [9.17, 15) is 4.39 Å². The molecule has 0 spiro atoms. The van der Waals surface area contributed by atoms with Crippen molar-refractivity contribution < 1.29 is 4.39 Å². The van der Waals surface area contributed by atoms with Crippen LogP contribution in [0.15, 0.2) is 12.1 Å². The van der Waals surface area contributed by atoms with Crippen LogP contribution in [-0.4, -0.2) is 0 Å². The van der Waals surface area contributed by atoms with Crippen molar-refractivity contribution in [3.63, 3.8) is 0 Å². The van der Waals surface area contributed by atoms with Crippen molar-refractivity contribution >= 4 is 0 Å². The molecule has 1 heteroatoms. The Balaban J connectivity index is 3.60. The molecule has 0 aliphatic heterocycles. The van der Waals surface area contributed by atoms with Gasteiger partial charge in [-0.25, -0.2) is 4.39 Å². The Morgan fingerprint density at radius 3 is 1.47 bits per heavy atom. The van der Waals surface area contributed by atoms with E-state index in [1.165, 1.54) is 5.56 Å². The minimum atomic E-state index is -0.106. The molecule has 0 amide bonds. The summed E-state index contributed by atoms with van der Waals surface area (Å²) in [6, 6.07) is 3.41. The summed E-state index contributed by atoms with van der Waals surface area (Å²) in [5.74, 6) is 0.611. The van der Waals surface area contributed by atoms with Crippen LogP contribution in [0.5, 0.6) is 0 Å². The van der Waals surface area contributed by atoms with Crippen molar-refractivity contribution in [2.45, 2.75) is 65.7 Å². The average Bonchev–Trinajstić information content (AvgIpc) is 2.14. The van der Waals surface area contributed by atoms with Gasteiger partial charge in [0.25, 0.3) is 0 Å². The van der Waals surface area contributed by atoms with Crippen LogP contribution in [0, 0.1) is 5.82 Å². The quantitative estimate of drug-likeness (QED) is 0.647. The predicted octanol–water partition coefficient (Wildman–Crippen LogP) is 5.37. The van der Waals surface area contributed by atoms with Gasteiger partial charge in [-0.05, 0) is 46.1 Å². The SMILES string of the molecule is CC(C)c1cc(F)cc(C(C)C)c1C(C)(C)C. The number of rotatable bonds is 2. The van der Waals surface area contributed by atoms with E-state index in [2.05, 4.69) is 48.5 Å². The maximum absolute atomic E-state index is 13.7. The molecule has 96 valence electrons. The van der Waals surface area contributed by atoms with Crippen LogP contribution in [0.1, 0.15) is 77.0 Å². The summed E-state index contributed by atoms with van der Waals surface area (Å²) >= 11 is 0. The Bertz CT molecular complexity index is 365. The van der Waals surface area contributed by atoms with Gasteiger partial charge in [0, 0.05) is 0 Å². The molecule has 0 heterocycles. The molecule has 0 nitrogen and oxygen atoms in total. The van der Waals surface area contributed by atoms with E-state index in [0.717, 1.165) is 11.1 Å². The van der Waals surface area contributed by atoms with Gasteiger partial charge in [-0.15, -0.1) is 0 Å². The van der Waals surface area contributed by atoms with Crippen LogP contribution >= 0.6 is 0 Å². The van der Waals surface area contributed by atoms with E-state index < -0.39 is 0 Å². The average molecular weight is 236 g/mol. The maximum Gasteiger partial charge on any atom is 0.123 e. The first-order chi connectivity index (χ1) is 7.64. The fourth-order valence-electron chi connectivity index (χ4n) is 2.43. The third-order valence-corrected chi connectivity index (χ3v) is 3.16.